The second-order valence-corrected chi connectivity index (χ2v) is 4.79. The molecule has 0 amide bonds. The van der Waals surface area contributed by atoms with Crippen molar-refractivity contribution >= 4 is 11.9 Å². The summed E-state index contributed by atoms with van der Waals surface area (Å²) in [5.41, 5.74) is 1.39. The molecule has 1 N–H and O–H groups in total. The molecule has 24 heavy (non-hydrogen) atoms. The predicted molar refractivity (Wildman–Crippen MR) is 96.6 cm³/mol. The Labute approximate surface area is 143 Å². The lowest BCUT2D eigenvalue weighted by Crippen LogP contribution is -2.14. The van der Waals surface area contributed by atoms with Crippen LogP contribution in [0.25, 0.3) is 0 Å². The molecule has 1 aromatic carbocycles. The molecule has 0 unspecified atom stereocenters. The van der Waals surface area contributed by atoms with E-state index in [2.05, 4.69) is 38.8 Å². The third kappa shape index (κ3) is 8.54. The number of carbonyl (C=O) groups is 2. The molecule has 0 aliphatic heterocycles. The van der Waals surface area contributed by atoms with E-state index in [4.69, 9.17) is 9.84 Å². The zero-order chi connectivity index (χ0) is 18.4. The number of hydrogen-bond donors (Lipinski definition) is 1. The van der Waals surface area contributed by atoms with Gasteiger partial charge in [-0.2, -0.15) is 0 Å². The van der Waals surface area contributed by atoms with Crippen molar-refractivity contribution in [1.82, 2.24) is 0 Å². The molecule has 0 bridgehead atoms. The fraction of sp³-hybridized carbons (Fsp3) is 0.200. The van der Waals surface area contributed by atoms with Crippen molar-refractivity contribution < 1.29 is 19.4 Å². The van der Waals surface area contributed by atoms with Crippen molar-refractivity contribution in [2.45, 2.75) is 19.8 Å². The van der Waals surface area contributed by atoms with Crippen molar-refractivity contribution in [3.8, 4) is 0 Å². The summed E-state index contributed by atoms with van der Waals surface area (Å²) in [6.07, 6.45) is 4.54. The highest BCUT2D eigenvalue weighted by molar-refractivity contribution is 6.00. The summed E-state index contributed by atoms with van der Waals surface area (Å²) < 4.78 is 4.82. The Hall–Kier alpha value is -2.88. The highest BCUT2D eigenvalue weighted by atomic mass is 16.5. The van der Waals surface area contributed by atoms with Crippen molar-refractivity contribution in [2.24, 2.45) is 0 Å². The molecule has 0 aliphatic rings. The van der Waals surface area contributed by atoms with Crippen molar-refractivity contribution in [3.63, 3.8) is 0 Å². The first-order chi connectivity index (χ1) is 11.5. The van der Waals surface area contributed by atoms with Crippen LogP contribution in [0.2, 0.25) is 0 Å². The van der Waals surface area contributed by atoms with Gasteiger partial charge in [0.25, 0.3) is 0 Å². The lowest BCUT2D eigenvalue weighted by Gasteiger charge is -2.08. The highest BCUT2D eigenvalue weighted by Crippen LogP contribution is 2.16. The van der Waals surface area contributed by atoms with Crippen LogP contribution in [0, 0.1) is 6.92 Å². The lowest BCUT2D eigenvalue weighted by atomic mass is 10.0. The number of carboxylic acids is 1. The second-order valence-electron chi connectivity index (χ2n) is 4.79. The maximum Gasteiger partial charge on any atom is 0.335 e. The summed E-state index contributed by atoms with van der Waals surface area (Å²) in [5.74, 6) is -1.82. The van der Waals surface area contributed by atoms with Gasteiger partial charge in [-0.15, -0.1) is 13.2 Å². The van der Waals surface area contributed by atoms with Gasteiger partial charge in [-0.25, -0.2) is 9.59 Å². The lowest BCUT2D eigenvalue weighted by molar-refractivity contribution is -0.139. The van der Waals surface area contributed by atoms with Crippen LogP contribution in [0.1, 0.15) is 18.4 Å². The first kappa shape index (κ1) is 21.1. The minimum Gasteiger partial charge on any atom is -0.478 e. The SMILES string of the molecule is C=CCOC(=O)/C(CC=C)=C(/CC=C)C(=O)O.Cc1ccccc1. The van der Waals surface area contributed by atoms with E-state index in [-0.39, 0.29) is 30.6 Å². The first-order valence-corrected chi connectivity index (χ1v) is 7.44. The molecule has 0 spiro atoms. The Bertz CT molecular complexity index is 597. The molecule has 0 atom stereocenters. The number of carbonyl (C=O) groups excluding carboxylic acids is 1. The smallest absolute Gasteiger partial charge is 0.335 e. The van der Waals surface area contributed by atoms with Gasteiger partial charge in [0, 0.05) is 0 Å². The molecule has 0 aromatic heterocycles. The van der Waals surface area contributed by atoms with E-state index in [1.165, 1.54) is 23.8 Å². The van der Waals surface area contributed by atoms with Crippen LogP contribution in [0.15, 0.2) is 79.4 Å². The number of esters is 1. The Kier molecular flexibility index (Phi) is 11.1. The zero-order valence-corrected chi connectivity index (χ0v) is 14.0. The molecular formula is C20H24O4. The van der Waals surface area contributed by atoms with Crippen molar-refractivity contribution in [2.75, 3.05) is 6.61 Å². The summed E-state index contributed by atoms with van der Waals surface area (Å²) in [5, 5.41) is 9.01. The van der Waals surface area contributed by atoms with Crippen LogP contribution >= 0.6 is 0 Å². The summed E-state index contributed by atoms with van der Waals surface area (Å²) in [4.78, 5) is 22.7. The van der Waals surface area contributed by atoms with Crippen molar-refractivity contribution in [1.29, 1.82) is 0 Å². The highest BCUT2D eigenvalue weighted by Gasteiger charge is 2.19. The third-order valence-corrected chi connectivity index (χ3v) is 2.84. The van der Waals surface area contributed by atoms with E-state index in [1.807, 2.05) is 18.2 Å². The van der Waals surface area contributed by atoms with E-state index in [0.717, 1.165) is 0 Å². The van der Waals surface area contributed by atoms with Gasteiger partial charge in [0.15, 0.2) is 0 Å². The minimum absolute atomic E-state index is 0.0195. The predicted octanol–water partition coefficient (Wildman–Crippen LogP) is 4.24. The molecular weight excluding hydrogens is 304 g/mol. The van der Waals surface area contributed by atoms with Gasteiger partial charge in [-0.05, 0) is 19.8 Å². The number of hydrogen-bond acceptors (Lipinski definition) is 3. The maximum absolute atomic E-state index is 11.6. The van der Waals surface area contributed by atoms with E-state index >= 15 is 0 Å². The van der Waals surface area contributed by atoms with Gasteiger partial charge in [0.1, 0.15) is 6.61 Å². The summed E-state index contributed by atoms with van der Waals surface area (Å²) >= 11 is 0. The van der Waals surface area contributed by atoms with E-state index in [0.29, 0.717) is 0 Å². The number of rotatable bonds is 8. The van der Waals surface area contributed by atoms with Gasteiger partial charge in [-0.1, -0.05) is 60.7 Å². The van der Waals surface area contributed by atoms with Crippen molar-refractivity contribution in [3.05, 3.63) is 85.0 Å². The normalized spacial score (nSPS) is 10.4. The quantitative estimate of drug-likeness (QED) is 0.440. The average Bonchev–Trinajstić information content (AvgIpc) is 2.57. The fourth-order valence-electron chi connectivity index (χ4n) is 1.71. The van der Waals surface area contributed by atoms with Crippen LogP contribution in [0.5, 0.6) is 0 Å². The van der Waals surface area contributed by atoms with Crippen LogP contribution in [0.4, 0.5) is 0 Å². The number of aliphatic carboxylic acids is 1. The maximum atomic E-state index is 11.6. The Balaban J connectivity index is 0.000000620. The molecule has 0 heterocycles. The molecule has 0 saturated carbocycles. The Morgan fingerprint density at radius 2 is 1.54 bits per heavy atom. The van der Waals surface area contributed by atoms with Gasteiger partial charge >= 0.3 is 11.9 Å². The molecule has 0 radical (unpaired) electrons. The average molecular weight is 328 g/mol. The molecule has 0 aliphatic carbocycles. The summed E-state index contributed by atoms with van der Waals surface area (Å²) in [6.45, 7) is 12.5. The number of ether oxygens (including phenoxy) is 1. The van der Waals surface area contributed by atoms with Gasteiger partial charge < -0.3 is 9.84 Å². The molecule has 0 saturated heterocycles. The molecule has 4 heteroatoms. The number of allylic oxidation sites excluding steroid dienone is 2. The second kappa shape index (κ2) is 12.6. The standard InChI is InChI=1S/C13H16O4.C7H8/c1-4-7-10(12(14)15)11(8-5-2)13(16)17-9-6-3;1-7-5-3-2-4-6-7/h4-6H,1-3,7-9H2,(H,14,15);2-6H,1H3/b11-10-;. The number of carboxylic acid groups (broad SMARTS) is 1. The van der Waals surface area contributed by atoms with Gasteiger partial charge in [0.05, 0.1) is 11.1 Å². The summed E-state index contributed by atoms with van der Waals surface area (Å²) in [7, 11) is 0. The van der Waals surface area contributed by atoms with E-state index in [9.17, 15) is 9.59 Å². The van der Waals surface area contributed by atoms with Crippen LogP contribution in [-0.2, 0) is 14.3 Å². The molecule has 0 fully saturated rings. The molecule has 4 nitrogen and oxygen atoms in total. The van der Waals surface area contributed by atoms with E-state index in [1.54, 1.807) is 0 Å². The number of benzene rings is 1. The third-order valence-electron chi connectivity index (χ3n) is 2.84. The van der Waals surface area contributed by atoms with Gasteiger partial charge in [0.2, 0.25) is 0 Å². The van der Waals surface area contributed by atoms with Gasteiger partial charge in [-0.3, -0.25) is 0 Å². The topological polar surface area (TPSA) is 63.6 Å². The van der Waals surface area contributed by atoms with Crippen LogP contribution in [0.3, 0.4) is 0 Å². The molecule has 1 rings (SSSR count). The Morgan fingerprint density at radius 1 is 1.00 bits per heavy atom. The zero-order valence-electron chi connectivity index (χ0n) is 14.0. The van der Waals surface area contributed by atoms with Crippen LogP contribution < -0.4 is 0 Å². The molecule has 1 aromatic rings. The minimum atomic E-state index is -1.16. The summed E-state index contributed by atoms with van der Waals surface area (Å²) in [6, 6.07) is 10.3. The Morgan fingerprint density at radius 3 is 1.92 bits per heavy atom. The number of aryl methyl sites for hydroxylation is 1. The monoisotopic (exact) mass is 328 g/mol. The first-order valence-electron chi connectivity index (χ1n) is 7.44. The molecule has 128 valence electrons. The van der Waals surface area contributed by atoms with E-state index < -0.39 is 11.9 Å². The fourth-order valence-corrected chi connectivity index (χ4v) is 1.71. The van der Waals surface area contributed by atoms with Crippen LogP contribution in [-0.4, -0.2) is 23.7 Å². The largest absolute Gasteiger partial charge is 0.478 e.